The Bertz CT molecular complexity index is 929. The summed E-state index contributed by atoms with van der Waals surface area (Å²) in [5.41, 5.74) is 5.42. The second kappa shape index (κ2) is 11.9. The minimum atomic E-state index is -1.14. The number of nitrogens with two attached hydrogens (primary N) is 1. The number of aliphatic carboxylic acids is 2. The Kier molecular flexibility index (Phi) is 9.67. The molecule has 10 heteroatoms. The van der Waals surface area contributed by atoms with Crippen molar-refractivity contribution < 1.29 is 43.9 Å². The Balaban J connectivity index is 0.000000861. The zero-order valence-corrected chi connectivity index (χ0v) is 17.5. The second-order valence-electron chi connectivity index (χ2n) is 5.81. The molecule has 0 unspecified atom stereocenters. The van der Waals surface area contributed by atoms with Crippen molar-refractivity contribution in [2.45, 2.75) is 0 Å². The molecule has 2 aromatic carbocycles. The minimum Gasteiger partial charge on any atom is -0.504 e. The van der Waals surface area contributed by atoms with Gasteiger partial charge < -0.3 is 40.0 Å². The smallest absolute Gasteiger partial charge is 0.336 e. The highest BCUT2D eigenvalue weighted by Crippen LogP contribution is 2.40. The molecule has 10 nitrogen and oxygen atoms in total. The van der Waals surface area contributed by atoms with Gasteiger partial charge in [-0.2, -0.15) is 0 Å². The molecular weight excluding hydrogens is 410 g/mol. The highest BCUT2D eigenvalue weighted by molar-refractivity contribution is 6.20. The van der Waals surface area contributed by atoms with Gasteiger partial charge in [0.2, 0.25) is 5.75 Å². The van der Waals surface area contributed by atoms with Crippen LogP contribution in [0.2, 0.25) is 0 Å². The quantitative estimate of drug-likeness (QED) is 0.357. The molecule has 0 saturated heterocycles. The van der Waals surface area contributed by atoms with Gasteiger partial charge in [0.05, 0.1) is 40.6 Å². The summed E-state index contributed by atoms with van der Waals surface area (Å²) in [4.78, 5) is 21.0. The van der Waals surface area contributed by atoms with Crippen LogP contribution in [0.5, 0.6) is 28.7 Å². The van der Waals surface area contributed by atoms with E-state index in [1.54, 1.807) is 24.3 Å². The lowest BCUT2D eigenvalue weighted by molar-refractivity contribution is -0.135. The van der Waals surface area contributed by atoms with Crippen LogP contribution in [0, 0.1) is 0 Å². The number of methoxy groups -OCH3 is 4. The Hall–Kier alpha value is -3.92. The van der Waals surface area contributed by atoms with E-state index < -0.39 is 11.9 Å². The van der Waals surface area contributed by atoms with Crippen molar-refractivity contribution in [3.05, 3.63) is 41.5 Å². The maximum atomic E-state index is 11.8. The van der Waals surface area contributed by atoms with Gasteiger partial charge in [0, 0.05) is 0 Å². The van der Waals surface area contributed by atoms with Crippen molar-refractivity contribution in [2.24, 2.45) is 5.73 Å². The summed E-state index contributed by atoms with van der Waals surface area (Å²) < 4.78 is 20.8. The van der Waals surface area contributed by atoms with E-state index in [0.29, 0.717) is 34.1 Å². The SMILES string of the molecule is COc1ccc(/C=C(/C(=O)O)c2cc(OC)c(OC)c(OC)c2)cc1O.NCC(=O)O. The lowest BCUT2D eigenvalue weighted by Crippen LogP contribution is -2.10. The van der Waals surface area contributed by atoms with Gasteiger partial charge in [-0.25, -0.2) is 4.79 Å². The number of carboxylic acid groups (broad SMARTS) is 2. The molecule has 0 bridgehead atoms. The molecule has 0 fully saturated rings. The number of hydrogen-bond donors (Lipinski definition) is 4. The monoisotopic (exact) mass is 435 g/mol. The average Bonchev–Trinajstić information content (AvgIpc) is 2.76. The number of hydrogen-bond acceptors (Lipinski definition) is 8. The molecule has 2 aromatic rings. The van der Waals surface area contributed by atoms with E-state index >= 15 is 0 Å². The number of aromatic hydroxyl groups is 1. The van der Waals surface area contributed by atoms with Gasteiger partial charge >= 0.3 is 11.9 Å². The molecule has 31 heavy (non-hydrogen) atoms. The van der Waals surface area contributed by atoms with Gasteiger partial charge in [-0.1, -0.05) is 6.07 Å². The average molecular weight is 435 g/mol. The Morgan fingerprint density at radius 2 is 1.42 bits per heavy atom. The van der Waals surface area contributed by atoms with Crippen LogP contribution in [0.15, 0.2) is 30.3 Å². The molecule has 0 amide bonds. The van der Waals surface area contributed by atoms with Crippen LogP contribution in [0.25, 0.3) is 11.6 Å². The number of ether oxygens (including phenoxy) is 4. The summed E-state index contributed by atoms with van der Waals surface area (Å²) >= 11 is 0. The number of rotatable bonds is 8. The minimum absolute atomic E-state index is 0.00572. The number of benzene rings is 2. The van der Waals surface area contributed by atoms with Crippen LogP contribution in [0.3, 0.4) is 0 Å². The largest absolute Gasteiger partial charge is 0.504 e. The molecule has 0 spiro atoms. The van der Waals surface area contributed by atoms with E-state index in [-0.39, 0.29) is 17.9 Å². The molecule has 0 saturated carbocycles. The number of phenols is 1. The Labute approximate surface area is 179 Å². The molecule has 0 aliphatic carbocycles. The van der Waals surface area contributed by atoms with E-state index in [0.717, 1.165) is 0 Å². The standard InChI is InChI=1S/C19H20O7.C2H5NO2/c1-23-15-6-5-11(8-14(15)20)7-13(19(21)22)12-9-16(24-2)18(26-4)17(10-12)25-3;3-1-2(4)5/h5-10,20H,1-4H3,(H,21,22);1,3H2,(H,4,5)/b13-7+;. The summed E-state index contributed by atoms with van der Waals surface area (Å²) in [6.45, 7) is -0.278. The number of carboxylic acids is 2. The number of phenolic OH excluding ortho intramolecular Hbond substituents is 1. The first-order valence-electron chi connectivity index (χ1n) is 8.76. The normalized spacial score (nSPS) is 10.4. The summed E-state index contributed by atoms with van der Waals surface area (Å²) in [6, 6.07) is 7.70. The fourth-order valence-electron chi connectivity index (χ4n) is 2.47. The van der Waals surface area contributed by atoms with Gasteiger partial charge in [-0.3, -0.25) is 4.79 Å². The van der Waals surface area contributed by atoms with Gasteiger partial charge in [-0.05, 0) is 41.5 Å². The Morgan fingerprint density at radius 1 is 0.903 bits per heavy atom. The van der Waals surface area contributed by atoms with Gasteiger partial charge in [0.1, 0.15) is 0 Å². The lowest BCUT2D eigenvalue weighted by atomic mass is 10.0. The van der Waals surface area contributed by atoms with Crippen LogP contribution in [0.1, 0.15) is 11.1 Å². The highest BCUT2D eigenvalue weighted by Gasteiger charge is 2.19. The third-order valence-corrected chi connectivity index (χ3v) is 3.89. The van der Waals surface area contributed by atoms with E-state index in [2.05, 4.69) is 5.73 Å². The van der Waals surface area contributed by atoms with E-state index in [1.807, 2.05) is 0 Å². The van der Waals surface area contributed by atoms with Crippen LogP contribution in [0.4, 0.5) is 0 Å². The van der Waals surface area contributed by atoms with Crippen LogP contribution in [-0.2, 0) is 9.59 Å². The van der Waals surface area contributed by atoms with Crippen LogP contribution in [-0.4, -0.2) is 62.2 Å². The zero-order chi connectivity index (χ0) is 23.6. The predicted molar refractivity (Wildman–Crippen MR) is 113 cm³/mol. The molecule has 0 aromatic heterocycles. The zero-order valence-electron chi connectivity index (χ0n) is 17.5. The third-order valence-electron chi connectivity index (χ3n) is 3.89. The van der Waals surface area contributed by atoms with Crippen molar-refractivity contribution in [1.29, 1.82) is 0 Å². The summed E-state index contributed by atoms with van der Waals surface area (Å²) in [6.07, 6.45) is 1.43. The van der Waals surface area contributed by atoms with Gasteiger partial charge in [0.25, 0.3) is 0 Å². The van der Waals surface area contributed by atoms with Crippen molar-refractivity contribution in [3.63, 3.8) is 0 Å². The maximum absolute atomic E-state index is 11.8. The lowest BCUT2D eigenvalue weighted by Gasteiger charge is -2.14. The highest BCUT2D eigenvalue weighted by atomic mass is 16.5. The Morgan fingerprint density at radius 3 is 1.77 bits per heavy atom. The van der Waals surface area contributed by atoms with E-state index in [1.165, 1.54) is 40.6 Å². The van der Waals surface area contributed by atoms with Crippen LogP contribution < -0.4 is 24.7 Å². The predicted octanol–water partition coefficient (Wildman–Crippen LogP) is 2.08. The molecular formula is C21H25NO9. The fourth-order valence-corrected chi connectivity index (χ4v) is 2.47. The van der Waals surface area contributed by atoms with Crippen molar-refractivity contribution in [2.75, 3.05) is 35.0 Å². The first kappa shape index (κ1) is 25.1. The second-order valence-corrected chi connectivity index (χ2v) is 5.81. The first-order valence-corrected chi connectivity index (χ1v) is 8.76. The third kappa shape index (κ3) is 6.82. The number of carbonyl (C=O) groups is 2. The molecule has 0 aliphatic rings. The summed E-state index contributed by atoms with van der Waals surface area (Å²) in [5.74, 6) is -0.856. The first-order chi connectivity index (χ1) is 14.7. The summed E-state index contributed by atoms with van der Waals surface area (Å²) in [5, 5.41) is 27.1. The van der Waals surface area contributed by atoms with E-state index in [9.17, 15) is 19.8 Å². The molecule has 2 rings (SSSR count). The van der Waals surface area contributed by atoms with Crippen molar-refractivity contribution in [1.82, 2.24) is 0 Å². The van der Waals surface area contributed by atoms with Crippen LogP contribution >= 0.6 is 0 Å². The molecule has 0 atom stereocenters. The molecule has 168 valence electrons. The molecule has 0 radical (unpaired) electrons. The van der Waals surface area contributed by atoms with Crippen molar-refractivity contribution >= 4 is 23.6 Å². The van der Waals surface area contributed by atoms with E-state index in [4.69, 9.17) is 24.1 Å². The van der Waals surface area contributed by atoms with Gasteiger partial charge in [0.15, 0.2) is 23.0 Å². The maximum Gasteiger partial charge on any atom is 0.336 e. The molecule has 0 heterocycles. The van der Waals surface area contributed by atoms with Crippen molar-refractivity contribution in [3.8, 4) is 28.7 Å². The molecule has 5 N–H and O–H groups in total. The topological polar surface area (TPSA) is 158 Å². The summed E-state index contributed by atoms with van der Waals surface area (Å²) in [7, 11) is 5.80. The molecule has 0 aliphatic heterocycles. The fraction of sp³-hybridized carbons (Fsp3) is 0.238. The van der Waals surface area contributed by atoms with Gasteiger partial charge in [-0.15, -0.1) is 0 Å².